The molecule has 4 rings (SSSR count). The van der Waals surface area contributed by atoms with E-state index in [2.05, 4.69) is 5.32 Å². The third-order valence-electron chi connectivity index (χ3n) is 5.46. The molecule has 1 saturated carbocycles. The normalized spacial score (nSPS) is 20.3. The molecule has 0 radical (unpaired) electrons. The van der Waals surface area contributed by atoms with Gasteiger partial charge in [0.1, 0.15) is 11.4 Å². The third-order valence-corrected chi connectivity index (χ3v) is 6.78. The maximum atomic E-state index is 13.8. The maximum absolute atomic E-state index is 13.8. The van der Waals surface area contributed by atoms with Crippen LogP contribution in [0.2, 0.25) is 0 Å². The lowest BCUT2D eigenvalue weighted by molar-refractivity contribution is -0.125. The van der Waals surface area contributed by atoms with Crippen molar-refractivity contribution in [3.05, 3.63) is 53.6 Å². The summed E-state index contributed by atoms with van der Waals surface area (Å²) in [6.07, 6.45) is 1.99. The SMILES string of the molecule is COc1cc(C(=O)N2C(C(=O)NC3CC3)CSC2c2ccccc2)cc(OC)c1OC. The van der Waals surface area contributed by atoms with Crippen molar-refractivity contribution in [2.24, 2.45) is 0 Å². The molecule has 2 unspecified atom stereocenters. The van der Waals surface area contributed by atoms with Crippen LogP contribution in [0.25, 0.3) is 0 Å². The molecule has 0 aromatic heterocycles. The number of hydrogen-bond acceptors (Lipinski definition) is 6. The van der Waals surface area contributed by atoms with E-state index < -0.39 is 6.04 Å². The van der Waals surface area contributed by atoms with Gasteiger partial charge >= 0.3 is 0 Å². The molecule has 0 spiro atoms. The van der Waals surface area contributed by atoms with Crippen molar-refractivity contribution in [2.75, 3.05) is 27.1 Å². The van der Waals surface area contributed by atoms with Gasteiger partial charge in [-0.15, -0.1) is 11.8 Å². The lowest BCUT2D eigenvalue weighted by atomic mass is 10.1. The Kier molecular flexibility index (Phi) is 6.27. The highest BCUT2D eigenvalue weighted by Crippen LogP contribution is 2.44. The van der Waals surface area contributed by atoms with E-state index >= 15 is 0 Å². The summed E-state index contributed by atoms with van der Waals surface area (Å²) in [5.41, 5.74) is 1.36. The Hall–Kier alpha value is -2.87. The van der Waals surface area contributed by atoms with Crippen LogP contribution in [0.1, 0.15) is 34.1 Å². The van der Waals surface area contributed by atoms with E-state index in [1.807, 2.05) is 30.3 Å². The number of hydrogen-bond donors (Lipinski definition) is 1. The topological polar surface area (TPSA) is 77.1 Å². The number of rotatable bonds is 7. The van der Waals surface area contributed by atoms with Gasteiger partial charge in [0, 0.05) is 17.4 Å². The molecule has 31 heavy (non-hydrogen) atoms. The van der Waals surface area contributed by atoms with Crippen molar-refractivity contribution < 1.29 is 23.8 Å². The fraction of sp³-hybridized carbons (Fsp3) is 0.391. The summed E-state index contributed by atoms with van der Waals surface area (Å²) < 4.78 is 16.2. The predicted molar refractivity (Wildman–Crippen MR) is 119 cm³/mol. The van der Waals surface area contributed by atoms with Crippen LogP contribution in [-0.4, -0.2) is 55.9 Å². The first-order valence-corrected chi connectivity index (χ1v) is 11.2. The summed E-state index contributed by atoms with van der Waals surface area (Å²) in [7, 11) is 4.54. The number of methoxy groups -OCH3 is 3. The molecule has 164 valence electrons. The van der Waals surface area contributed by atoms with E-state index in [0.717, 1.165) is 18.4 Å². The van der Waals surface area contributed by atoms with E-state index in [-0.39, 0.29) is 23.2 Å². The first kappa shape index (κ1) is 21.4. The molecule has 1 N–H and O–H groups in total. The van der Waals surface area contributed by atoms with Crippen LogP contribution in [0.5, 0.6) is 17.2 Å². The standard InChI is InChI=1S/C23H26N2O5S/c1-28-18-11-15(12-19(29-2)20(18)30-3)22(27)25-17(21(26)24-16-9-10-16)13-31-23(25)14-7-5-4-6-8-14/h4-8,11-12,16-17,23H,9-10,13H2,1-3H3,(H,24,26). The van der Waals surface area contributed by atoms with Crippen LogP contribution in [0, 0.1) is 0 Å². The van der Waals surface area contributed by atoms with Crippen molar-refractivity contribution in [2.45, 2.75) is 30.3 Å². The fourth-order valence-corrected chi connectivity index (χ4v) is 5.14. The number of benzene rings is 2. The van der Waals surface area contributed by atoms with E-state index in [4.69, 9.17) is 14.2 Å². The number of nitrogens with one attached hydrogen (secondary N) is 1. The van der Waals surface area contributed by atoms with Crippen molar-refractivity contribution in [1.82, 2.24) is 10.2 Å². The number of carbonyl (C=O) groups is 2. The Morgan fingerprint density at radius 3 is 2.19 bits per heavy atom. The second-order valence-corrected chi connectivity index (χ2v) is 8.63. The highest BCUT2D eigenvalue weighted by molar-refractivity contribution is 7.99. The summed E-state index contributed by atoms with van der Waals surface area (Å²) in [5, 5.41) is 2.79. The van der Waals surface area contributed by atoms with Gasteiger partial charge in [0.15, 0.2) is 11.5 Å². The quantitative estimate of drug-likeness (QED) is 0.709. The lowest BCUT2D eigenvalue weighted by Gasteiger charge is -2.29. The van der Waals surface area contributed by atoms with Crippen LogP contribution in [0.15, 0.2) is 42.5 Å². The van der Waals surface area contributed by atoms with Gasteiger partial charge in [-0.3, -0.25) is 9.59 Å². The minimum Gasteiger partial charge on any atom is -0.493 e. The smallest absolute Gasteiger partial charge is 0.256 e. The minimum absolute atomic E-state index is 0.103. The fourth-order valence-electron chi connectivity index (χ4n) is 3.71. The summed E-state index contributed by atoms with van der Waals surface area (Å²) in [6.45, 7) is 0. The van der Waals surface area contributed by atoms with Gasteiger partial charge in [-0.2, -0.15) is 0 Å². The molecule has 2 amide bonds. The molecule has 7 nitrogen and oxygen atoms in total. The highest BCUT2D eigenvalue weighted by Gasteiger charge is 2.44. The van der Waals surface area contributed by atoms with Crippen LogP contribution in [0.3, 0.4) is 0 Å². The number of ether oxygens (including phenoxy) is 3. The lowest BCUT2D eigenvalue weighted by Crippen LogP contribution is -2.48. The highest BCUT2D eigenvalue weighted by atomic mass is 32.2. The first-order valence-electron chi connectivity index (χ1n) is 10.2. The van der Waals surface area contributed by atoms with Crippen LogP contribution < -0.4 is 19.5 Å². The number of amides is 2. The average molecular weight is 443 g/mol. The van der Waals surface area contributed by atoms with E-state index in [1.165, 1.54) is 21.3 Å². The molecule has 0 bridgehead atoms. The van der Waals surface area contributed by atoms with E-state index in [0.29, 0.717) is 28.6 Å². The third kappa shape index (κ3) is 4.30. The second kappa shape index (κ2) is 9.09. The monoisotopic (exact) mass is 442 g/mol. The second-order valence-electron chi connectivity index (χ2n) is 7.52. The predicted octanol–water partition coefficient (Wildman–Crippen LogP) is 3.25. The first-order chi connectivity index (χ1) is 15.1. The maximum Gasteiger partial charge on any atom is 0.256 e. The Balaban J connectivity index is 1.72. The number of carbonyl (C=O) groups excluding carboxylic acids is 2. The van der Waals surface area contributed by atoms with Gasteiger partial charge < -0.3 is 24.4 Å². The molecular weight excluding hydrogens is 416 g/mol. The zero-order valence-electron chi connectivity index (χ0n) is 17.8. The number of thioether (sulfide) groups is 1. The molecular formula is C23H26N2O5S. The molecule has 1 aliphatic heterocycles. The summed E-state index contributed by atoms with van der Waals surface area (Å²) in [4.78, 5) is 28.4. The van der Waals surface area contributed by atoms with E-state index in [1.54, 1.807) is 28.8 Å². The van der Waals surface area contributed by atoms with Gasteiger partial charge in [-0.05, 0) is 30.5 Å². The van der Waals surface area contributed by atoms with Gasteiger partial charge in [-0.1, -0.05) is 30.3 Å². The Morgan fingerprint density at radius 2 is 1.65 bits per heavy atom. The largest absolute Gasteiger partial charge is 0.493 e. The zero-order chi connectivity index (χ0) is 22.0. The summed E-state index contributed by atoms with van der Waals surface area (Å²) in [6, 6.07) is 12.7. The molecule has 1 saturated heterocycles. The van der Waals surface area contributed by atoms with Crippen LogP contribution in [0.4, 0.5) is 0 Å². The summed E-state index contributed by atoms with van der Waals surface area (Å²) in [5.74, 6) is 1.39. The molecule has 8 heteroatoms. The number of nitrogens with zero attached hydrogens (tertiary/aromatic N) is 1. The zero-order valence-corrected chi connectivity index (χ0v) is 18.6. The Bertz CT molecular complexity index is 939. The van der Waals surface area contributed by atoms with E-state index in [9.17, 15) is 9.59 Å². The van der Waals surface area contributed by atoms with Crippen molar-refractivity contribution >= 4 is 23.6 Å². The van der Waals surface area contributed by atoms with Gasteiger partial charge in [0.25, 0.3) is 5.91 Å². The Morgan fingerprint density at radius 1 is 1.00 bits per heavy atom. The van der Waals surface area contributed by atoms with Crippen molar-refractivity contribution in [3.63, 3.8) is 0 Å². The molecule has 2 aromatic carbocycles. The minimum atomic E-state index is -0.553. The molecule has 2 fully saturated rings. The van der Waals surface area contributed by atoms with Crippen LogP contribution in [-0.2, 0) is 4.79 Å². The van der Waals surface area contributed by atoms with Gasteiger partial charge in [-0.25, -0.2) is 0 Å². The van der Waals surface area contributed by atoms with Gasteiger partial charge in [0.05, 0.1) is 21.3 Å². The molecule has 1 heterocycles. The van der Waals surface area contributed by atoms with Crippen LogP contribution >= 0.6 is 11.8 Å². The molecule has 2 aromatic rings. The van der Waals surface area contributed by atoms with Crippen molar-refractivity contribution in [3.8, 4) is 17.2 Å². The molecule has 2 aliphatic rings. The van der Waals surface area contributed by atoms with Gasteiger partial charge in [0.2, 0.25) is 11.7 Å². The molecule has 1 aliphatic carbocycles. The Labute approximate surface area is 186 Å². The molecule has 2 atom stereocenters. The summed E-state index contributed by atoms with van der Waals surface area (Å²) >= 11 is 1.60. The average Bonchev–Trinajstić information content (AvgIpc) is 3.51. The van der Waals surface area contributed by atoms with Crippen molar-refractivity contribution in [1.29, 1.82) is 0 Å².